The van der Waals surface area contributed by atoms with E-state index in [-0.39, 0.29) is 47.4 Å². The quantitative estimate of drug-likeness (QED) is 0.0290. The van der Waals surface area contributed by atoms with Crippen LogP contribution in [-0.4, -0.2) is 130 Å². The lowest BCUT2D eigenvalue weighted by atomic mass is 10.1. The number of halogens is 1. The number of nitrogens with zero attached hydrogens (tertiary/aromatic N) is 6. The van der Waals surface area contributed by atoms with Gasteiger partial charge in [-0.15, -0.1) is 0 Å². The molecule has 11 atom stereocenters. The molecule has 0 amide bonds. The van der Waals surface area contributed by atoms with Crippen LogP contribution in [-0.2, 0) is 52.1 Å². The Labute approximate surface area is 352 Å². The van der Waals surface area contributed by atoms with Crippen LogP contribution in [0.25, 0.3) is 22.3 Å². The molecule has 5 aromatic rings. The molecule has 33 heteroatoms. The van der Waals surface area contributed by atoms with Gasteiger partial charge in [-0.25, -0.2) is 27.3 Å². The fourth-order valence-corrected chi connectivity index (χ4v) is 10.4. The number of fused-ring (bicyclic) bond motifs is 2. The van der Waals surface area contributed by atoms with Crippen LogP contribution in [0, 0.1) is 0 Å². The van der Waals surface area contributed by atoms with Gasteiger partial charge in [0.1, 0.15) is 55.5 Å². The molecule has 2 aliphatic rings. The second-order valence-corrected chi connectivity index (χ2v) is 18.7. The number of hydrogen-bond acceptors (Lipinski definition) is 21. The van der Waals surface area contributed by atoms with Crippen molar-refractivity contribution in [3.05, 3.63) is 62.7 Å². The number of aliphatic hydroxyl groups excluding tert-OH is 3. The number of nitrogens with two attached hydrogens (primary N) is 2. The first-order valence-corrected chi connectivity index (χ1v) is 22.7. The van der Waals surface area contributed by atoms with Gasteiger partial charge in [-0.1, -0.05) is 16.6 Å². The predicted molar refractivity (Wildman–Crippen MR) is 208 cm³/mol. The number of imidazole rings is 2. The van der Waals surface area contributed by atoms with E-state index in [1.54, 1.807) is 24.3 Å². The summed E-state index contributed by atoms with van der Waals surface area (Å²) in [6, 6.07) is 6.57. The summed E-state index contributed by atoms with van der Waals surface area (Å²) in [6.45, 7) is -1.85. The zero-order chi connectivity index (χ0) is 44.9. The molecule has 2 saturated heterocycles. The summed E-state index contributed by atoms with van der Waals surface area (Å²) in [6.07, 6.45) is -9.75. The molecule has 7 rings (SSSR count). The number of benzene rings is 1. The Hall–Kier alpha value is -4.12. The van der Waals surface area contributed by atoms with Gasteiger partial charge in [-0.3, -0.25) is 42.3 Å². The van der Waals surface area contributed by atoms with E-state index in [1.165, 1.54) is 22.6 Å². The molecule has 28 nitrogen and oxygen atoms in total. The fraction of sp³-hybridized carbons (Fsp3) is 0.448. The van der Waals surface area contributed by atoms with Crippen LogP contribution in [0.5, 0.6) is 5.75 Å². The van der Waals surface area contributed by atoms with Gasteiger partial charge in [0.2, 0.25) is 25.3 Å². The van der Waals surface area contributed by atoms with Crippen LogP contribution in [0.3, 0.4) is 0 Å². The van der Waals surface area contributed by atoms with Crippen LogP contribution in [0.15, 0.2) is 46.5 Å². The molecule has 1 aromatic carbocycles. The Morgan fingerprint density at radius 1 is 0.919 bits per heavy atom. The van der Waals surface area contributed by atoms with Crippen LogP contribution in [0.2, 0.25) is 5.02 Å². The largest absolute Gasteiger partial charge is 0.490 e. The molecule has 0 spiro atoms. The Balaban J connectivity index is 0.966. The molecular formula is C29H36BClN10O18P3+. The van der Waals surface area contributed by atoms with Crippen molar-refractivity contribution in [3.63, 3.8) is 0 Å². The molecule has 2 fully saturated rings. The molecule has 334 valence electrons. The monoisotopic (exact) mass is 951 g/mol. The molecule has 4 aromatic heterocycles. The van der Waals surface area contributed by atoms with E-state index >= 15 is 0 Å². The standard InChI is InChI=1S/C29H35BClN10O18P3/c1-52-21-19(43)15(57-27(21)41-11-39(17-23(41)36-29(33)38-25(17)46)6-7-53-13-4-2-12(31)3-5-13)9-55-62(50,51)59-60(30,47)58-61(48,49)54-8-14-18(42)20(44)26(56-14)40-10-34-16-22(40)35-28(32)37-24(16)45/h2-5,10-11,14-15,18-21,26-27,42-44H,6-9H2,1H3,(H7-,32,33,35,36,37,38,45,46,48,49,50,51)/p+1/t14-,15-,18-,19-,20-,21-,26-,27-,60?/m1/s1. The van der Waals surface area contributed by atoms with Gasteiger partial charge in [0, 0.05) is 12.1 Å². The smallest absolute Gasteiger partial charge is 0.478 e. The minimum atomic E-state index is -5.59. The molecule has 2 radical (unpaired) electrons. The number of aromatic amines is 2. The summed E-state index contributed by atoms with van der Waals surface area (Å²) >= 11 is 5.93. The number of phosphoric ester groups is 2. The van der Waals surface area contributed by atoms with Gasteiger partial charge in [0.05, 0.1) is 19.5 Å². The molecule has 3 unspecified atom stereocenters. The number of ether oxygens (including phenoxy) is 4. The maximum atomic E-state index is 13.0. The summed E-state index contributed by atoms with van der Waals surface area (Å²) < 4.78 is 83.3. The second-order valence-electron chi connectivity index (χ2n) is 13.5. The lowest BCUT2D eigenvalue weighted by Gasteiger charge is -2.22. The van der Waals surface area contributed by atoms with Crippen molar-refractivity contribution in [2.45, 2.75) is 55.6 Å². The number of nitrogen functional groups attached to an aromatic ring is 2. The molecule has 0 aliphatic carbocycles. The average Bonchev–Trinajstić information content (AvgIpc) is 3.92. The fourth-order valence-electron chi connectivity index (χ4n) is 6.57. The normalized spacial score (nSPS) is 27.0. The molecule has 11 N–H and O–H groups in total. The minimum absolute atomic E-state index is 0.0101. The van der Waals surface area contributed by atoms with Gasteiger partial charge in [-0.2, -0.15) is 4.98 Å². The highest BCUT2D eigenvalue weighted by Crippen LogP contribution is 2.67. The number of nitrogens with one attached hydrogen (secondary N) is 2. The molecular weight excluding hydrogens is 916 g/mol. The van der Waals surface area contributed by atoms with Crippen molar-refractivity contribution < 1.29 is 80.0 Å². The lowest BCUT2D eigenvalue weighted by Crippen LogP contribution is -2.47. The molecule has 0 saturated carbocycles. The van der Waals surface area contributed by atoms with Crippen molar-refractivity contribution >= 4 is 76.5 Å². The Bertz CT molecular complexity index is 2720. The number of H-pyrrole nitrogens is 2. The zero-order valence-electron chi connectivity index (χ0n) is 31.6. The first kappa shape index (κ1) is 45.9. The predicted octanol–water partition coefficient (Wildman–Crippen LogP) is -1.52. The van der Waals surface area contributed by atoms with Crippen molar-refractivity contribution in [2.24, 2.45) is 0 Å². The third-order valence-corrected chi connectivity index (χ3v) is 13.9. The summed E-state index contributed by atoms with van der Waals surface area (Å²) in [5.74, 6) is -0.0594. The van der Waals surface area contributed by atoms with Gasteiger partial charge in [0.25, 0.3) is 24.5 Å². The first-order chi connectivity index (χ1) is 29.2. The summed E-state index contributed by atoms with van der Waals surface area (Å²) in [4.78, 5) is 62.4. The second kappa shape index (κ2) is 17.8. The van der Waals surface area contributed by atoms with Crippen molar-refractivity contribution in [2.75, 3.05) is 38.4 Å². The molecule has 6 heterocycles. The number of phosphoric acid groups is 2. The van der Waals surface area contributed by atoms with Crippen molar-refractivity contribution in [3.8, 4) is 5.75 Å². The molecule has 0 bridgehead atoms. The van der Waals surface area contributed by atoms with Gasteiger partial charge < -0.3 is 55.5 Å². The minimum Gasteiger partial charge on any atom is -0.490 e. The number of rotatable bonds is 17. The number of anilines is 2. The Kier molecular flexibility index (Phi) is 13.2. The van der Waals surface area contributed by atoms with E-state index in [0.29, 0.717) is 10.8 Å². The van der Waals surface area contributed by atoms with Crippen LogP contribution in [0.1, 0.15) is 12.5 Å². The highest BCUT2D eigenvalue weighted by atomic mass is 35.5. The third-order valence-electron chi connectivity index (χ3n) is 9.26. The maximum absolute atomic E-state index is 13.0. The summed E-state index contributed by atoms with van der Waals surface area (Å²) in [7, 11) is -10.2. The van der Waals surface area contributed by atoms with Crippen LogP contribution >= 0.6 is 34.7 Å². The Morgan fingerprint density at radius 2 is 1.53 bits per heavy atom. The van der Waals surface area contributed by atoms with Gasteiger partial charge in [0.15, 0.2) is 23.7 Å². The van der Waals surface area contributed by atoms with E-state index in [2.05, 4.69) is 33.5 Å². The zero-order valence-corrected chi connectivity index (χ0v) is 35.0. The number of methoxy groups -OCH3 is 1. The summed E-state index contributed by atoms with van der Waals surface area (Å²) in [5, 5.41) is 32.8. The Morgan fingerprint density at radius 3 is 2.18 bits per heavy atom. The number of aliphatic hydroxyl groups is 3. The lowest BCUT2D eigenvalue weighted by molar-refractivity contribution is -0.746. The van der Waals surface area contributed by atoms with Crippen LogP contribution < -0.4 is 31.9 Å². The van der Waals surface area contributed by atoms with E-state index in [4.69, 9.17) is 58.6 Å². The highest BCUT2D eigenvalue weighted by molar-refractivity contribution is 7.86. The van der Waals surface area contributed by atoms with Crippen LogP contribution in [0.4, 0.5) is 11.9 Å². The summed E-state index contributed by atoms with van der Waals surface area (Å²) in [5.41, 5.74) is 9.77. The van der Waals surface area contributed by atoms with E-state index in [0.717, 1.165) is 10.9 Å². The third kappa shape index (κ3) is 9.83. The van der Waals surface area contributed by atoms with Crippen molar-refractivity contribution in [1.82, 2.24) is 34.1 Å². The van der Waals surface area contributed by atoms with Gasteiger partial charge >= 0.3 is 21.3 Å². The van der Waals surface area contributed by atoms with Crippen molar-refractivity contribution in [1.29, 1.82) is 0 Å². The van der Waals surface area contributed by atoms with E-state index in [9.17, 15) is 48.4 Å². The molecule has 62 heavy (non-hydrogen) atoms. The van der Waals surface area contributed by atoms with E-state index < -0.39 is 96.5 Å². The SMILES string of the molecule is [B]P(=O)(OP(=O)(O)OC[C@H]1O[C@@H](n2cnc3c(=O)[nH]c(N)nc32)[C@H](O)[C@@H]1O)OP(=O)(O)OC[C@H]1O[C@@H]([n+]2cn(CCOc3ccc(Cl)cc3)c3c(=O)[nH]c(N)nc32)[C@H](OC)[C@@H]1O. The number of hydrogen-bond donors (Lipinski definition) is 9. The highest BCUT2D eigenvalue weighted by Gasteiger charge is 2.50. The first-order valence-electron chi connectivity index (χ1n) is 17.7. The van der Waals surface area contributed by atoms with Gasteiger partial charge in [-0.05, 0) is 24.3 Å². The topological polar surface area (TPSA) is 396 Å². The average molecular weight is 952 g/mol. The van der Waals surface area contributed by atoms with E-state index in [1.807, 2.05) is 0 Å². The maximum Gasteiger partial charge on any atom is 0.478 e. The molecule has 2 aliphatic heterocycles. The number of aromatic nitrogens is 8.